The molecule has 1 aromatic carbocycles. The number of nitrogens with zero attached hydrogens (tertiary/aromatic N) is 3. The van der Waals surface area contributed by atoms with Gasteiger partial charge in [0.05, 0.1) is 37.7 Å². The van der Waals surface area contributed by atoms with Gasteiger partial charge in [-0.3, -0.25) is 58.3 Å². The van der Waals surface area contributed by atoms with Crippen LogP contribution in [0.5, 0.6) is 0 Å². The Morgan fingerprint density at radius 2 is 1.18 bits per heavy atom. The molecule has 6 atom stereocenters. The lowest BCUT2D eigenvalue weighted by molar-refractivity contribution is -0.144. The molecule has 0 spiro atoms. The number of nitrogens with one attached hydrogen (secondary N) is 10. The van der Waals surface area contributed by atoms with E-state index >= 15 is 0 Å². The van der Waals surface area contributed by atoms with Gasteiger partial charge in [0.1, 0.15) is 36.3 Å². The molecule has 6 amide bonds. The highest BCUT2D eigenvalue weighted by atomic mass is 32.1. The fourth-order valence-corrected chi connectivity index (χ4v) is 6.50. The van der Waals surface area contributed by atoms with Crippen molar-refractivity contribution in [1.29, 1.82) is 5.41 Å². The van der Waals surface area contributed by atoms with Crippen LogP contribution in [0.3, 0.4) is 0 Å². The van der Waals surface area contributed by atoms with E-state index in [4.69, 9.17) is 16.9 Å². The summed E-state index contributed by atoms with van der Waals surface area (Å²) < 4.78 is 0. The Labute approximate surface area is 415 Å². The van der Waals surface area contributed by atoms with Gasteiger partial charge in [-0.15, -0.1) is 0 Å². The second-order valence-electron chi connectivity index (χ2n) is 15.5. The van der Waals surface area contributed by atoms with E-state index in [0.29, 0.717) is 11.4 Å². The summed E-state index contributed by atoms with van der Waals surface area (Å²) in [5.41, 5.74) is 11.0. The van der Waals surface area contributed by atoms with Crippen LogP contribution in [0, 0.1) is 5.41 Å². The van der Waals surface area contributed by atoms with Crippen LogP contribution in [0.4, 0.5) is 11.6 Å². The van der Waals surface area contributed by atoms with Gasteiger partial charge in [0, 0.05) is 30.0 Å². The standard InChI is InChI=1S/C40H51N15O17S/c41-39(42)44-9-1-2-19(32(64)51-22(11-27(59)60)34(66)52-23(12-28(61)62)35(67)53-24(15-73)38(71)72)49-33(65)21(10-26(57)58)48-25(56)8-7-20(37(69)70)50-31(63)16-3-5-17(6-4-16)45-13-18-14-46-30-29(47-18)36(68)55-40(43)54-30/h3-6,14,19-24,45,73H,1-2,7-13,15H2,(H,48,56)(H,49,65)(H,50,63)(H,51,64)(H,52,66)(H,53,67)(H,57,58)(H,59,60)(H,61,62)(H,69,70)(H,71,72)(H4,41,42,44)(H3,43,46,54,55,68)/t19-,20-,21-,22-,23+,24+/m1/s1. The number of aromatic nitrogens is 4. The molecule has 394 valence electrons. The maximum atomic E-state index is 13.7. The van der Waals surface area contributed by atoms with Gasteiger partial charge in [-0.1, -0.05) is 0 Å². The number of aromatic amines is 1. The molecule has 0 aliphatic rings. The van der Waals surface area contributed by atoms with Crippen LogP contribution in [0.25, 0.3) is 11.2 Å². The Bertz CT molecular complexity index is 2650. The summed E-state index contributed by atoms with van der Waals surface area (Å²) in [6.07, 6.45) is -3.88. The van der Waals surface area contributed by atoms with Crippen molar-refractivity contribution >= 4 is 107 Å². The van der Waals surface area contributed by atoms with Crippen molar-refractivity contribution in [2.75, 3.05) is 23.3 Å². The molecule has 73 heavy (non-hydrogen) atoms. The number of carbonyl (C=O) groups excluding carboxylic acids is 6. The van der Waals surface area contributed by atoms with Crippen LogP contribution >= 0.6 is 12.6 Å². The van der Waals surface area contributed by atoms with E-state index in [-0.39, 0.29) is 42.2 Å². The molecule has 33 heteroatoms. The molecule has 32 nitrogen and oxygen atoms in total. The van der Waals surface area contributed by atoms with Crippen molar-refractivity contribution in [1.82, 2.24) is 57.2 Å². The Kier molecular flexibility index (Phi) is 22.2. The zero-order valence-electron chi connectivity index (χ0n) is 38.0. The fraction of sp³-hybridized carbons (Fsp3) is 0.400. The average Bonchev–Trinajstić information content (AvgIpc) is 3.30. The van der Waals surface area contributed by atoms with Gasteiger partial charge in [-0.05, 0) is 43.5 Å². The van der Waals surface area contributed by atoms with Crippen molar-refractivity contribution in [2.45, 2.75) is 87.7 Å². The number of hydrogen-bond donors (Lipinski definition) is 18. The molecule has 2 heterocycles. The second-order valence-corrected chi connectivity index (χ2v) is 15.8. The topological polar surface area (TPSA) is 533 Å². The molecule has 3 aromatic rings. The Hall–Kier alpha value is -9.17. The van der Waals surface area contributed by atoms with Crippen molar-refractivity contribution in [3.05, 3.63) is 52.1 Å². The van der Waals surface area contributed by atoms with Gasteiger partial charge < -0.3 is 79.5 Å². The van der Waals surface area contributed by atoms with Crippen molar-refractivity contribution in [3.63, 3.8) is 0 Å². The van der Waals surface area contributed by atoms with Crippen LogP contribution in [0.2, 0.25) is 0 Å². The molecule has 0 aliphatic heterocycles. The maximum Gasteiger partial charge on any atom is 0.327 e. The SMILES string of the molecule is N=C(N)NCCC[C@@H](NC(=O)[C@@H](CC(=O)O)NC(=O)CC[C@@H](NC(=O)c1ccc(NCc2cnc3nc(N)[nH]c(=O)c3n2)cc1)C(=O)O)C(=O)N[C@H](CC(=O)O)C(=O)N[C@@H](CC(=O)O)C(=O)N[C@@H](CS)C(=O)O. The first-order chi connectivity index (χ1) is 34.4. The van der Waals surface area contributed by atoms with Crippen LogP contribution in [-0.4, -0.2) is 165 Å². The third kappa shape index (κ3) is 19.6. The Balaban J connectivity index is 1.70. The van der Waals surface area contributed by atoms with E-state index in [1.807, 2.05) is 16.0 Å². The summed E-state index contributed by atoms with van der Waals surface area (Å²) >= 11 is 3.78. The second kappa shape index (κ2) is 27.9. The molecule has 0 unspecified atom stereocenters. The monoisotopic (exact) mass is 1050 g/mol. The Morgan fingerprint density at radius 3 is 1.68 bits per heavy atom. The van der Waals surface area contributed by atoms with E-state index in [2.05, 4.69) is 59.1 Å². The summed E-state index contributed by atoms with van der Waals surface area (Å²) in [5, 5.41) is 72.8. The number of fused-ring (bicyclic) bond motifs is 1. The van der Waals surface area contributed by atoms with E-state index in [1.54, 1.807) is 0 Å². The predicted octanol–water partition coefficient (Wildman–Crippen LogP) is -5.00. The largest absolute Gasteiger partial charge is 0.481 e. The molecular weight excluding hydrogens is 995 g/mol. The molecule has 0 bridgehead atoms. The van der Waals surface area contributed by atoms with Crippen molar-refractivity contribution in [3.8, 4) is 0 Å². The number of hydrogen-bond acceptors (Lipinski definition) is 19. The quantitative estimate of drug-likeness (QED) is 0.0129. The summed E-state index contributed by atoms with van der Waals surface area (Å²) in [7, 11) is 0. The summed E-state index contributed by atoms with van der Waals surface area (Å²) in [4.78, 5) is 165. The number of nitrogens with two attached hydrogens (primary N) is 2. The molecule has 0 radical (unpaired) electrons. The van der Waals surface area contributed by atoms with Crippen molar-refractivity contribution in [2.24, 2.45) is 5.73 Å². The number of carbonyl (C=O) groups is 11. The average molecular weight is 1050 g/mol. The van der Waals surface area contributed by atoms with Gasteiger partial charge in [0.2, 0.25) is 35.5 Å². The fourth-order valence-electron chi connectivity index (χ4n) is 6.25. The number of benzene rings is 1. The number of aliphatic carboxylic acids is 5. The lowest BCUT2D eigenvalue weighted by Crippen LogP contribution is -2.59. The maximum absolute atomic E-state index is 13.7. The number of guanidine groups is 1. The van der Waals surface area contributed by atoms with E-state index in [1.165, 1.54) is 30.5 Å². The van der Waals surface area contributed by atoms with Gasteiger partial charge in [-0.25, -0.2) is 19.6 Å². The predicted molar refractivity (Wildman–Crippen MR) is 251 cm³/mol. The molecule has 0 saturated heterocycles. The minimum atomic E-state index is -2.10. The van der Waals surface area contributed by atoms with Gasteiger partial charge in [0.25, 0.3) is 11.5 Å². The van der Waals surface area contributed by atoms with Gasteiger partial charge in [0.15, 0.2) is 17.1 Å². The Morgan fingerprint density at radius 1 is 0.671 bits per heavy atom. The number of rotatable bonds is 30. The van der Waals surface area contributed by atoms with Gasteiger partial charge >= 0.3 is 29.8 Å². The van der Waals surface area contributed by atoms with Crippen LogP contribution in [0.15, 0.2) is 35.3 Å². The third-order valence-electron chi connectivity index (χ3n) is 9.84. The van der Waals surface area contributed by atoms with Gasteiger partial charge in [-0.2, -0.15) is 17.6 Å². The number of thiol groups is 1. The number of anilines is 2. The van der Waals surface area contributed by atoms with E-state index in [9.17, 15) is 83.1 Å². The third-order valence-corrected chi connectivity index (χ3v) is 10.2. The minimum absolute atomic E-state index is 0.00363. The smallest absolute Gasteiger partial charge is 0.327 e. The highest BCUT2D eigenvalue weighted by Gasteiger charge is 2.35. The molecule has 19 N–H and O–H groups in total. The number of nitrogen functional groups attached to an aromatic ring is 1. The first kappa shape index (κ1) is 58.1. The minimum Gasteiger partial charge on any atom is -0.481 e. The van der Waals surface area contributed by atoms with Crippen LogP contribution in [0.1, 0.15) is 61.0 Å². The summed E-state index contributed by atoms with van der Waals surface area (Å²) in [5.74, 6) is -16.6. The normalized spacial score (nSPS) is 13.2. The molecule has 0 saturated carbocycles. The van der Waals surface area contributed by atoms with E-state index in [0.717, 1.165) is 0 Å². The van der Waals surface area contributed by atoms with E-state index < -0.39 is 157 Å². The number of carboxylic acid groups (broad SMARTS) is 5. The lowest BCUT2D eigenvalue weighted by atomic mass is 10.1. The lowest BCUT2D eigenvalue weighted by Gasteiger charge is -2.26. The first-order valence-corrected chi connectivity index (χ1v) is 22.0. The number of amides is 6. The highest BCUT2D eigenvalue weighted by Crippen LogP contribution is 2.13. The number of carboxylic acids is 5. The summed E-state index contributed by atoms with van der Waals surface area (Å²) in [6, 6.07) is -5.54. The molecule has 3 rings (SSSR count). The van der Waals surface area contributed by atoms with Crippen LogP contribution < -0.4 is 59.6 Å². The number of H-pyrrole nitrogens is 1. The molecule has 0 fully saturated rings. The van der Waals surface area contributed by atoms with Crippen molar-refractivity contribution < 1.29 is 78.3 Å². The zero-order chi connectivity index (χ0) is 54.5. The van der Waals surface area contributed by atoms with Crippen LogP contribution in [-0.2, 0) is 54.5 Å². The summed E-state index contributed by atoms with van der Waals surface area (Å²) in [6.45, 7) is -0.0194. The molecular formula is C40H51N15O17S. The highest BCUT2D eigenvalue weighted by molar-refractivity contribution is 7.80. The molecule has 2 aromatic heterocycles. The zero-order valence-corrected chi connectivity index (χ0v) is 38.9. The molecule has 0 aliphatic carbocycles. The first-order valence-electron chi connectivity index (χ1n) is 21.3.